The van der Waals surface area contributed by atoms with Crippen LogP contribution in [-0.2, 0) is 27.5 Å². The van der Waals surface area contributed by atoms with Crippen molar-refractivity contribution >= 4 is 21.9 Å². The maximum absolute atomic E-state index is 13.0. The highest BCUT2D eigenvalue weighted by molar-refractivity contribution is 7.89. The van der Waals surface area contributed by atoms with E-state index in [-0.39, 0.29) is 11.6 Å². The van der Waals surface area contributed by atoms with E-state index in [0.717, 1.165) is 17.0 Å². The van der Waals surface area contributed by atoms with Crippen LogP contribution in [0.25, 0.3) is 11.3 Å². The van der Waals surface area contributed by atoms with E-state index in [2.05, 4.69) is 14.8 Å². The minimum absolute atomic E-state index is 0.0185. The van der Waals surface area contributed by atoms with Crippen LogP contribution in [-0.4, -0.2) is 58.6 Å². The van der Waals surface area contributed by atoms with Crippen molar-refractivity contribution in [1.29, 1.82) is 0 Å². The summed E-state index contributed by atoms with van der Waals surface area (Å²) >= 11 is 0. The zero-order valence-corrected chi connectivity index (χ0v) is 23.0. The van der Waals surface area contributed by atoms with Gasteiger partial charge in [-0.1, -0.05) is 39.0 Å². The van der Waals surface area contributed by atoms with E-state index in [4.69, 9.17) is 0 Å². The minimum atomic E-state index is -4.47. The largest absolute Gasteiger partial charge is 0.530 e. The Hall–Kier alpha value is -3.78. The van der Waals surface area contributed by atoms with E-state index >= 15 is 0 Å². The number of sulfonamides is 1. The van der Waals surface area contributed by atoms with Crippen molar-refractivity contribution in [3.05, 3.63) is 66.5 Å². The lowest BCUT2D eigenvalue weighted by molar-refractivity contribution is -0.272. The van der Waals surface area contributed by atoms with E-state index < -0.39 is 57.7 Å². The fraction of sp³-hybridized carbons (Fsp3) is 0.385. The number of nitrogens with one attached hydrogen (secondary N) is 1. The molecule has 0 aliphatic heterocycles. The molecule has 40 heavy (non-hydrogen) atoms. The third-order valence-corrected chi connectivity index (χ3v) is 7.60. The molecule has 216 valence electrons. The maximum Gasteiger partial charge on any atom is 0.416 e. The van der Waals surface area contributed by atoms with Crippen LogP contribution in [0.1, 0.15) is 33.3 Å². The molecule has 1 amide bonds. The number of rotatable bonds is 10. The molecule has 0 fully saturated rings. The Balaban J connectivity index is 1.80. The van der Waals surface area contributed by atoms with Gasteiger partial charge in [0.15, 0.2) is 10.8 Å². The summed E-state index contributed by atoms with van der Waals surface area (Å²) in [5.74, 6) is -0.719. The molecule has 0 radical (unpaired) electrons. The van der Waals surface area contributed by atoms with Crippen LogP contribution in [0.15, 0.2) is 66.0 Å². The number of halogens is 3. The fourth-order valence-corrected chi connectivity index (χ4v) is 4.95. The van der Waals surface area contributed by atoms with Gasteiger partial charge >= 0.3 is 6.18 Å². The number of hydrogen-bond donors (Lipinski definition) is 1. The van der Waals surface area contributed by atoms with Crippen LogP contribution >= 0.6 is 0 Å². The fourth-order valence-electron chi connectivity index (χ4n) is 4.01. The quantitative estimate of drug-likeness (QED) is 0.389. The number of amides is 1. The Morgan fingerprint density at radius 2 is 1.73 bits per heavy atom. The Morgan fingerprint density at radius 1 is 1.07 bits per heavy atom. The molecule has 0 bridgehead atoms. The Morgan fingerprint density at radius 3 is 2.25 bits per heavy atom. The smallest absolute Gasteiger partial charge is 0.416 e. The van der Waals surface area contributed by atoms with Crippen molar-refractivity contribution in [2.45, 2.75) is 57.5 Å². The normalized spacial score (nSPS) is 14.0. The molecule has 1 N–H and O–H groups in total. The van der Waals surface area contributed by atoms with Gasteiger partial charge in [0, 0.05) is 18.0 Å². The summed E-state index contributed by atoms with van der Waals surface area (Å²) in [6, 6.07) is 8.15. The number of aromatic nitrogens is 3. The van der Waals surface area contributed by atoms with Gasteiger partial charge in [-0.05, 0) is 42.7 Å². The van der Waals surface area contributed by atoms with Crippen LogP contribution < -0.4 is 9.83 Å². The lowest BCUT2D eigenvalue weighted by Crippen LogP contribution is -2.60. The first-order chi connectivity index (χ1) is 18.5. The summed E-state index contributed by atoms with van der Waals surface area (Å²) in [6.45, 7) is 5.91. The molecule has 0 unspecified atom stereocenters. The number of benzene rings is 1. The molecule has 2 atom stereocenters. The van der Waals surface area contributed by atoms with Crippen molar-refractivity contribution in [2.75, 3.05) is 6.54 Å². The topological polar surface area (TPSA) is 137 Å². The second kappa shape index (κ2) is 11.8. The van der Waals surface area contributed by atoms with Crippen molar-refractivity contribution in [3.8, 4) is 11.3 Å². The van der Waals surface area contributed by atoms with E-state index in [1.807, 2.05) is 0 Å². The summed E-state index contributed by atoms with van der Waals surface area (Å²) in [7, 11) is -4.11. The lowest BCUT2D eigenvalue weighted by atomic mass is 9.84. The first-order valence-corrected chi connectivity index (χ1v) is 13.6. The maximum atomic E-state index is 13.0. The van der Waals surface area contributed by atoms with Crippen LogP contribution in [0.2, 0.25) is 0 Å². The molecule has 0 saturated heterocycles. The van der Waals surface area contributed by atoms with Crippen molar-refractivity contribution in [1.82, 2.24) is 24.4 Å². The van der Waals surface area contributed by atoms with Gasteiger partial charge in [0.1, 0.15) is 6.09 Å². The molecule has 1 aromatic carbocycles. The highest BCUT2D eigenvalue weighted by Crippen LogP contribution is 2.31. The third-order valence-electron chi connectivity index (χ3n) is 6.29. The van der Waals surface area contributed by atoms with Crippen LogP contribution in [0.4, 0.5) is 18.0 Å². The van der Waals surface area contributed by atoms with Gasteiger partial charge in [0.25, 0.3) is 10.0 Å². The van der Waals surface area contributed by atoms with Crippen LogP contribution in [0, 0.1) is 5.41 Å². The van der Waals surface area contributed by atoms with E-state index in [1.54, 1.807) is 33.0 Å². The highest BCUT2D eigenvalue weighted by Gasteiger charge is 2.36. The second-order valence-corrected chi connectivity index (χ2v) is 11.9. The molecule has 3 rings (SSSR count). The number of pyridine rings is 1. The molecular formula is C26H29F3N5O5S-. The number of Topliss-reactive ketones (excluding diaryl/α,β-unsaturated/α-hetero) is 1. The average molecular weight is 581 g/mol. The van der Waals surface area contributed by atoms with Gasteiger partial charge in [-0.15, -0.1) is 0 Å². The summed E-state index contributed by atoms with van der Waals surface area (Å²) in [6.07, 6.45) is -3.28. The zero-order valence-electron chi connectivity index (χ0n) is 22.2. The molecule has 2 heterocycles. The number of nitrogens with zero attached hydrogens (tertiary/aromatic N) is 4. The van der Waals surface area contributed by atoms with Crippen LogP contribution in [0.3, 0.4) is 0 Å². The van der Waals surface area contributed by atoms with E-state index in [0.29, 0.717) is 11.3 Å². The van der Waals surface area contributed by atoms with Crippen molar-refractivity contribution < 1.29 is 36.3 Å². The van der Waals surface area contributed by atoms with Gasteiger partial charge in [0.2, 0.25) is 0 Å². The van der Waals surface area contributed by atoms with Gasteiger partial charge < -0.3 is 14.8 Å². The SMILES string of the molecule is C[C@@H](C(=O)CNS(=O)(=O)c1ccccn1)N(C(=O)[O-])[C@H](Cn1ccc(-c2ccc(C(F)(F)F)cc2)n1)C(C)(C)C. The molecule has 14 heteroatoms. The second-order valence-electron chi connectivity index (χ2n) is 10.2. The average Bonchev–Trinajstić information content (AvgIpc) is 3.35. The lowest BCUT2D eigenvalue weighted by Gasteiger charge is -2.44. The third kappa shape index (κ3) is 7.45. The highest BCUT2D eigenvalue weighted by atomic mass is 32.2. The van der Waals surface area contributed by atoms with Crippen molar-refractivity contribution in [3.63, 3.8) is 0 Å². The zero-order chi connectivity index (χ0) is 29.9. The summed E-state index contributed by atoms with van der Waals surface area (Å²) < 4.78 is 67.1. The van der Waals surface area contributed by atoms with Crippen molar-refractivity contribution in [2.24, 2.45) is 5.41 Å². The Labute approximate surface area is 229 Å². The Bertz CT molecular complexity index is 1440. The number of alkyl halides is 3. The molecule has 3 aromatic rings. The summed E-state index contributed by atoms with van der Waals surface area (Å²) in [5, 5.41) is 16.4. The van der Waals surface area contributed by atoms with Gasteiger partial charge in [0.05, 0.1) is 36.4 Å². The monoisotopic (exact) mass is 580 g/mol. The molecule has 0 aliphatic carbocycles. The number of carbonyl (C=O) groups is 2. The standard InChI is InChI=1S/C26H30F3N5O5S/c1-17(21(35)15-31-40(38,39)23-7-5-6-13-30-23)34(24(36)37)22(25(2,3)4)16-33-14-12-20(32-33)18-8-10-19(11-9-18)26(27,28)29/h5-14,17,22,31H,15-16H2,1-4H3,(H,36,37)/p-1/t17-,22+/m0/s1. The number of ketones is 1. The van der Waals surface area contributed by atoms with Gasteiger partial charge in [-0.3, -0.25) is 9.48 Å². The molecule has 0 aliphatic rings. The molecule has 0 saturated carbocycles. The predicted octanol–water partition coefficient (Wildman–Crippen LogP) is 2.96. The number of hydrogen-bond acceptors (Lipinski definition) is 7. The predicted molar refractivity (Wildman–Crippen MR) is 137 cm³/mol. The van der Waals surface area contributed by atoms with E-state index in [1.165, 1.54) is 48.1 Å². The first kappa shape index (κ1) is 30.8. The van der Waals surface area contributed by atoms with Gasteiger partial charge in [-0.25, -0.2) is 18.1 Å². The molecule has 2 aromatic heterocycles. The minimum Gasteiger partial charge on any atom is -0.530 e. The number of carbonyl (C=O) groups excluding carboxylic acids is 2. The first-order valence-electron chi connectivity index (χ1n) is 12.1. The van der Waals surface area contributed by atoms with Gasteiger partial charge in [-0.2, -0.15) is 18.3 Å². The summed E-state index contributed by atoms with van der Waals surface area (Å²) in [5.41, 5.74) is -0.731. The molecule has 0 spiro atoms. The molecule has 10 nitrogen and oxygen atoms in total. The Kier molecular flexibility index (Phi) is 9.04. The van der Waals surface area contributed by atoms with E-state index in [9.17, 15) is 36.3 Å². The van der Waals surface area contributed by atoms with Crippen LogP contribution in [0.5, 0.6) is 0 Å². The summed E-state index contributed by atoms with van der Waals surface area (Å²) in [4.78, 5) is 29.8. The molecular weight excluding hydrogens is 551 g/mol. The number of carboxylic acid groups (broad SMARTS) is 1.